The predicted octanol–water partition coefficient (Wildman–Crippen LogP) is 2.96. The zero-order valence-corrected chi connectivity index (χ0v) is 10.6. The molecule has 2 aromatic carbocycles. The fourth-order valence-electron chi connectivity index (χ4n) is 1.56. The van der Waals surface area contributed by atoms with Gasteiger partial charge >= 0.3 is 0 Å². The van der Waals surface area contributed by atoms with Crippen LogP contribution in [0.2, 0.25) is 0 Å². The molecule has 2 rings (SSSR count). The molecule has 0 aromatic heterocycles. The highest BCUT2D eigenvalue weighted by Crippen LogP contribution is 2.13. The molecule has 1 unspecified atom stereocenters. The first-order chi connectivity index (χ1) is 9.08. The number of rotatable bonds is 4. The second-order valence-electron chi connectivity index (χ2n) is 3.85. The molecule has 98 valence electrons. The quantitative estimate of drug-likeness (QED) is 0.807. The molecule has 0 spiro atoms. The van der Waals surface area contributed by atoms with Crippen LogP contribution in [0.3, 0.4) is 0 Å². The zero-order valence-electron chi connectivity index (χ0n) is 9.81. The van der Waals surface area contributed by atoms with Crippen molar-refractivity contribution in [3.8, 4) is 0 Å². The van der Waals surface area contributed by atoms with Crippen LogP contribution in [0.25, 0.3) is 0 Å². The Balaban J connectivity index is 2.18. The maximum atomic E-state index is 13.4. The number of carbonyl (C=O) groups is 1. The van der Waals surface area contributed by atoms with Crippen LogP contribution in [-0.4, -0.2) is 15.7 Å². The number of Topliss-reactive ketones (excluding diaryl/α,β-unsaturated/α-hetero) is 1. The van der Waals surface area contributed by atoms with Crippen LogP contribution < -0.4 is 0 Å². The molecule has 0 bridgehead atoms. The summed E-state index contributed by atoms with van der Waals surface area (Å²) in [5.41, 5.74) is -0.371. The van der Waals surface area contributed by atoms with Gasteiger partial charge in [0.15, 0.2) is 5.78 Å². The van der Waals surface area contributed by atoms with Crippen molar-refractivity contribution in [2.24, 2.45) is 0 Å². The van der Waals surface area contributed by atoms with Crippen LogP contribution in [0.4, 0.5) is 8.78 Å². The Bertz CT molecular complexity index is 627. The third kappa shape index (κ3) is 3.32. The molecule has 0 amide bonds. The Labute approximate surface area is 111 Å². The van der Waals surface area contributed by atoms with Gasteiger partial charge in [0.25, 0.3) is 0 Å². The molecular weight excluding hydrogens is 270 g/mol. The lowest BCUT2D eigenvalue weighted by Crippen LogP contribution is -2.13. The molecule has 0 heterocycles. The van der Waals surface area contributed by atoms with E-state index >= 15 is 0 Å². The first-order valence-corrected chi connectivity index (χ1v) is 6.81. The highest BCUT2D eigenvalue weighted by atomic mass is 32.2. The van der Waals surface area contributed by atoms with Gasteiger partial charge in [-0.1, -0.05) is 18.2 Å². The molecule has 1 atom stereocenters. The summed E-state index contributed by atoms with van der Waals surface area (Å²) in [7, 11) is -1.57. The van der Waals surface area contributed by atoms with E-state index in [0.29, 0.717) is 4.90 Å². The van der Waals surface area contributed by atoms with Crippen LogP contribution in [0, 0.1) is 11.6 Å². The summed E-state index contributed by atoms with van der Waals surface area (Å²) in [4.78, 5) is 12.3. The van der Waals surface area contributed by atoms with E-state index in [4.69, 9.17) is 0 Å². The largest absolute Gasteiger partial charge is 0.293 e. The summed E-state index contributed by atoms with van der Waals surface area (Å²) in [6.45, 7) is 0. The Kier molecular flexibility index (Phi) is 4.16. The summed E-state index contributed by atoms with van der Waals surface area (Å²) < 4.78 is 38.3. The third-order valence-electron chi connectivity index (χ3n) is 2.50. The van der Waals surface area contributed by atoms with Gasteiger partial charge in [-0.3, -0.25) is 9.00 Å². The SMILES string of the molecule is O=C(CS(=O)c1ccccc1)c1cc(F)ccc1F. The lowest BCUT2D eigenvalue weighted by atomic mass is 10.1. The highest BCUT2D eigenvalue weighted by Gasteiger charge is 2.16. The lowest BCUT2D eigenvalue weighted by molar-refractivity contribution is 0.101. The van der Waals surface area contributed by atoms with E-state index in [1.807, 2.05) is 0 Å². The molecule has 19 heavy (non-hydrogen) atoms. The monoisotopic (exact) mass is 280 g/mol. The molecular formula is C14H10F2O2S. The minimum atomic E-state index is -1.57. The van der Waals surface area contributed by atoms with Crippen LogP contribution in [0.5, 0.6) is 0 Å². The van der Waals surface area contributed by atoms with Crippen molar-refractivity contribution >= 4 is 16.6 Å². The Morgan fingerprint density at radius 1 is 1.05 bits per heavy atom. The fraction of sp³-hybridized carbons (Fsp3) is 0.0714. The number of hydrogen-bond donors (Lipinski definition) is 0. The summed E-state index contributed by atoms with van der Waals surface area (Å²) in [5, 5.41) is 0. The smallest absolute Gasteiger partial charge is 0.178 e. The number of hydrogen-bond acceptors (Lipinski definition) is 2. The van der Waals surface area contributed by atoms with Crippen LogP contribution >= 0.6 is 0 Å². The lowest BCUT2D eigenvalue weighted by Gasteiger charge is -2.03. The first kappa shape index (κ1) is 13.5. The number of ketones is 1. The van der Waals surface area contributed by atoms with E-state index in [-0.39, 0.29) is 11.3 Å². The van der Waals surface area contributed by atoms with Crippen molar-refractivity contribution in [3.63, 3.8) is 0 Å². The minimum absolute atomic E-state index is 0.371. The number of benzene rings is 2. The van der Waals surface area contributed by atoms with Gasteiger partial charge in [0.05, 0.1) is 22.1 Å². The van der Waals surface area contributed by atoms with Crippen molar-refractivity contribution in [3.05, 3.63) is 65.7 Å². The van der Waals surface area contributed by atoms with E-state index in [1.54, 1.807) is 30.3 Å². The molecule has 2 aromatic rings. The van der Waals surface area contributed by atoms with Gasteiger partial charge in [-0.05, 0) is 30.3 Å². The van der Waals surface area contributed by atoms with Crippen molar-refractivity contribution in [1.82, 2.24) is 0 Å². The van der Waals surface area contributed by atoms with Gasteiger partial charge < -0.3 is 0 Å². The van der Waals surface area contributed by atoms with Crippen molar-refractivity contribution in [2.45, 2.75) is 4.90 Å². The molecule has 2 nitrogen and oxygen atoms in total. The van der Waals surface area contributed by atoms with E-state index < -0.39 is 28.2 Å². The summed E-state index contributed by atoms with van der Waals surface area (Å²) in [5.74, 6) is -2.56. The van der Waals surface area contributed by atoms with Gasteiger partial charge in [-0.2, -0.15) is 0 Å². The molecule has 0 aliphatic rings. The van der Waals surface area contributed by atoms with E-state index in [0.717, 1.165) is 18.2 Å². The molecule has 0 aliphatic carbocycles. The first-order valence-electron chi connectivity index (χ1n) is 5.49. The van der Waals surface area contributed by atoms with Gasteiger partial charge in [0.1, 0.15) is 11.6 Å². The van der Waals surface area contributed by atoms with Gasteiger partial charge in [0.2, 0.25) is 0 Å². The molecule has 0 radical (unpaired) electrons. The Hall–Kier alpha value is -1.88. The maximum absolute atomic E-state index is 13.4. The van der Waals surface area contributed by atoms with Crippen molar-refractivity contribution in [1.29, 1.82) is 0 Å². The molecule has 0 fully saturated rings. The topological polar surface area (TPSA) is 34.1 Å². The van der Waals surface area contributed by atoms with Crippen molar-refractivity contribution in [2.75, 3.05) is 5.75 Å². The molecule has 0 saturated heterocycles. The van der Waals surface area contributed by atoms with E-state index in [2.05, 4.69) is 0 Å². The van der Waals surface area contributed by atoms with Gasteiger partial charge in [-0.25, -0.2) is 8.78 Å². The zero-order chi connectivity index (χ0) is 13.8. The second kappa shape index (κ2) is 5.84. The van der Waals surface area contributed by atoms with E-state index in [9.17, 15) is 17.8 Å². The second-order valence-corrected chi connectivity index (χ2v) is 5.30. The summed E-state index contributed by atoms with van der Waals surface area (Å²) in [6.07, 6.45) is 0. The van der Waals surface area contributed by atoms with Crippen molar-refractivity contribution < 1.29 is 17.8 Å². The Morgan fingerprint density at radius 2 is 1.74 bits per heavy atom. The normalized spacial score (nSPS) is 12.1. The van der Waals surface area contributed by atoms with Crippen LogP contribution in [-0.2, 0) is 10.8 Å². The van der Waals surface area contributed by atoms with Crippen LogP contribution in [0.1, 0.15) is 10.4 Å². The van der Waals surface area contributed by atoms with Gasteiger partial charge in [-0.15, -0.1) is 0 Å². The molecule has 0 aliphatic heterocycles. The molecule has 0 saturated carbocycles. The summed E-state index contributed by atoms with van der Waals surface area (Å²) >= 11 is 0. The standard InChI is InChI=1S/C14H10F2O2S/c15-10-6-7-13(16)12(8-10)14(17)9-19(18)11-4-2-1-3-5-11/h1-8H,9H2. The van der Waals surface area contributed by atoms with E-state index in [1.165, 1.54) is 0 Å². The Morgan fingerprint density at radius 3 is 2.42 bits per heavy atom. The number of halogens is 2. The fourth-order valence-corrected chi connectivity index (χ4v) is 2.58. The molecule has 0 N–H and O–H groups in total. The van der Waals surface area contributed by atoms with Gasteiger partial charge in [0, 0.05) is 4.90 Å². The van der Waals surface area contributed by atoms with Crippen LogP contribution in [0.15, 0.2) is 53.4 Å². The summed E-state index contributed by atoms with van der Waals surface area (Å²) in [6, 6.07) is 11.0. The average molecular weight is 280 g/mol. The third-order valence-corrected chi connectivity index (χ3v) is 3.82. The number of carbonyl (C=O) groups excluding carboxylic acids is 1. The predicted molar refractivity (Wildman–Crippen MR) is 68.4 cm³/mol. The highest BCUT2D eigenvalue weighted by molar-refractivity contribution is 7.85. The average Bonchev–Trinajstić information content (AvgIpc) is 2.42. The minimum Gasteiger partial charge on any atom is -0.293 e. The molecule has 5 heteroatoms. The maximum Gasteiger partial charge on any atom is 0.178 e.